The van der Waals surface area contributed by atoms with Gasteiger partial charge in [-0.3, -0.25) is 0 Å². The molecule has 0 radical (unpaired) electrons. The van der Waals surface area contributed by atoms with Crippen LogP contribution in [0.3, 0.4) is 0 Å². The van der Waals surface area contributed by atoms with Gasteiger partial charge in [0.25, 0.3) is 0 Å². The minimum absolute atomic E-state index is 0.768. The summed E-state index contributed by atoms with van der Waals surface area (Å²) in [7, 11) is 2.60. The third kappa shape index (κ3) is 3.01. The first-order chi connectivity index (χ1) is 9.81. The van der Waals surface area contributed by atoms with E-state index < -0.39 is 52.5 Å². The molecule has 0 fully saturated rings. The first-order valence-electron chi connectivity index (χ1n) is 6.13. The van der Waals surface area contributed by atoms with E-state index in [1.54, 1.807) is 0 Å². The summed E-state index contributed by atoms with van der Waals surface area (Å²) in [5.74, 6) is -7.74. The monoisotopic (exact) mass is 305 g/mol. The van der Waals surface area contributed by atoms with Crippen molar-refractivity contribution >= 4 is 0 Å². The lowest BCUT2D eigenvalue weighted by Gasteiger charge is -2.29. The molecule has 1 aromatic carbocycles. The van der Waals surface area contributed by atoms with Gasteiger partial charge in [-0.2, -0.15) is 5.26 Å². The minimum atomic E-state index is -1.72. The van der Waals surface area contributed by atoms with Crippen LogP contribution >= 0.6 is 0 Å². The highest BCUT2D eigenvalue weighted by Crippen LogP contribution is 2.34. The van der Waals surface area contributed by atoms with Gasteiger partial charge in [0.15, 0.2) is 23.3 Å². The second kappa shape index (κ2) is 6.87. The van der Waals surface area contributed by atoms with Crippen molar-refractivity contribution in [3.05, 3.63) is 34.4 Å². The van der Waals surface area contributed by atoms with Crippen molar-refractivity contribution in [2.45, 2.75) is 32.0 Å². The molecule has 0 spiro atoms. The number of rotatable bonds is 5. The van der Waals surface area contributed by atoms with Crippen LogP contribution in [0.2, 0.25) is 0 Å². The quantitative estimate of drug-likeness (QED) is 0.619. The van der Waals surface area contributed by atoms with Crippen LogP contribution in [0.25, 0.3) is 0 Å². The van der Waals surface area contributed by atoms with Gasteiger partial charge in [-0.25, -0.2) is 17.6 Å². The lowest BCUT2D eigenvalue weighted by atomic mass is 9.87. The molecule has 21 heavy (non-hydrogen) atoms. The van der Waals surface area contributed by atoms with Crippen LogP contribution in [-0.2, 0) is 9.47 Å². The van der Waals surface area contributed by atoms with Gasteiger partial charge in [0.05, 0.1) is 12.2 Å². The smallest absolute Gasteiger partial charge is 0.180 e. The standard InChI is InChI=1S/C14H15F4NO2/c1-6(20-3)9(7(2)21-4)10-13(17)11(15)8(5-19)12(16)14(10)18/h6-7,9H,1-4H3. The molecular weight excluding hydrogens is 290 g/mol. The zero-order valence-corrected chi connectivity index (χ0v) is 12.0. The van der Waals surface area contributed by atoms with Crippen molar-refractivity contribution in [3.63, 3.8) is 0 Å². The summed E-state index contributed by atoms with van der Waals surface area (Å²) in [5, 5.41) is 8.58. The molecule has 2 atom stereocenters. The van der Waals surface area contributed by atoms with E-state index in [9.17, 15) is 17.6 Å². The molecule has 0 aliphatic carbocycles. The highest BCUT2D eigenvalue weighted by atomic mass is 19.2. The van der Waals surface area contributed by atoms with E-state index in [1.165, 1.54) is 28.1 Å². The highest BCUT2D eigenvalue weighted by molar-refractivity contribution is 5.39. The predicted molar refractivity (Wildman–Crippen MR) is 66.7 cm³/mol. The number of hydrogen-bond acceptors (Lipinski definition) is 3. The molecule has 0 aromatic heterocycles. The molecular formula is C14H15F4NO2. The van der Waals surface area contributed by atoms with Crippen molar-refractivity contribution in [2.24, 2.45) is 0 Å². The third-order valence-corrected chi connectivity index (χ3v) is 3.50. The van der Waals surface area contributed by atoms with Gasteiger partial charge in [-0.05, 0) is 13.8 Å². The summed E-state index contributed by atoms with van der Waals surface area (Å²) in [6.45, 7) is 2.99. The van der Waals surface area contributed by atoms with E-state index in [4.69, 9.17) is 14.7 Å². The summed E-state index contributed by atoms with van der Waals surface area (Å²) < 4.78 is 65.6. The minimum Gasteiger partial charge on any atom is -0.381 e. The Morgan fingerprint density at radius 3 is 1.52 bits per heavy atom. The SMILES string of the molecule is COC(C)C(c1c(F)c(F)c(C#N)c(F)c1F)C(C)OC. The van der Waals surface area contributed by atoms with Gasteiger partial charge in [0, 0.05) is 25.7 Å². The molecule has 3 nitrogen and oxygen atoms in total. The maximum atomic E-state index is 14.1. The van der Waals surface area contributed by atoms with E-state index in [-0.39, 0.29) is 0 Å². The Morgan fingerprint density at radius 1 is 0.857 bits per heavy atom. The van der Waals surface area contributed by atoms with Crippen LogP contribution in [0.1, 0.15) is 30.9 Å². The van der Waals surface area contributed by atoms with Crippen molar-refractivity contribution in [2.75, 3.05) is 14.2 Å². The van der Waals surface area contributed by atoms with Crippen molar-refractivity contribution in [3.8, 4) is 6.07 Å². The summed E-state index contributed by atoms with van der Waals surface area (Å²) in [6, 6.07) is 1.11. The molecule has 7 heteroatoms. The first-order valence-corrected chi connectivity index (χ1v) is 6.13. The maximum absolute atomic E-state index is 14.1. The van der Waals surface area contributed by atoms with Crippen molar-refractivity contribution < 1.29 is 27.0 Å². The maximum Gasteiger partial charge on any atom is 0.180 e. The molecule has 1 aromatic rings. The summed E-state index contributed by atoms with van der Waals surface area (Å²) in [4.78, 5) is 0. The van der Waals surface area contributed by atoms with Crippen LogP contribution in [0.5, 0.6) is 0 Å². The van der Waals surface area contributed by atoms with Crippen LogP contribution in [0, 0.1) is 34.6 Å². The van der Waals surface area contributed by atoms with Crippen LogP contribution in [0.15, 0.2) is 0 Å². The Hall–Kier alpha value is -1.65. The van der Waals surface area contributed by atoms with E-state index in [2.05, 4.69) is 0 Å². The Kier molecular flexibility index (Phi) is 5.70. The Labute approximate surface area is 120 Å². The first kappa shape index (κ1) is 17.4. The molecule has 0 N–H and O–H groups in total. The zero-order chi connectivity index (χ0) is 16.3. The summed E-state index contributed by atoms with van der Waals surface area (Å²) in [5.41, 5.74) is -2.12. The number of nitriles is 1. The number of methoxy groups -OCH3 is 2. The fourth-order valence-corrected chi connectivity index (χ4v) is 2.18. The molecule has 0 saturated carbocycles. The fraction of sp³-hybridized carbons (Fsp3) is 0.500. The van der Waals surface area contributed by atoms with E-state index in [0.717, 1.165) is 6.07 Å². The Bertz CT molecular complexity index is 532. The second-order valence-electron chi connectivity index (χ2n) is 4.56. The van der Waals surface area contributed by atoms with Gasteiger partial charge < -0.3 is 9.47 Å². The topological polar surface area (TPSA) is 42.2 Å². The summed E-state index contributed by atoms with van der Waals surface area (Å²) >= 11 is 0. The fourth-order valence-electron chi connectivity index (χ4n) is 2.18. The van der Waals surface area contributed by atoms with Crippen LogP contribution in [0.4, 0.5) is 17.6 Å². The Balaban J connectivity index is 3.64. The normalized spacial score (nSPS) is 15.4. The van der Waals surface area contributed by atoms with Gasteiger partial charge in [-0.15, -0.1) is 0 Å². The molecule has 116 valence electrons. The average molecular weight is 305 g/mol. The number of ether oxygens (including phenoxy) is 2. The number of benzene rings is 1. The number of hydrogen-bond donors (Lipinski definition) is 0. The molecule has 1 rings (SSSR count). The molecule has 0 saturated heterocycles. The molecule has 2 unspecified atom stereocenters. The van der Waals surface area contributed by atoms with E-state index >= 15 is 0 Å². The largest absolute Gasteiger partial charge is 0.381 e. The molecule has 0 amide bonds. The number of halogens is 4. The molecule has 0 bridgehead atoms. The Morgan fingerprint density at radius 2 is 1.24 bits per heavy atom. The van der Waals surface area contributed by atoms with Crippen molar-refractivity contribution in [1.29, 1.82) is 5.26 Å². The highest BCUT2D eigenvalue weighted by Gasteiger charge is 2.36. The van der Waals surface area contributed by atoms with Gasteiger partial charge in [-0.1, -0.05) is 0 Å². The molecule has 0 aliphatic rings. The van der Waals surface area contributed by atoms with Crippen LogP contribution in [-0.4, -0.2) is 26.4 Å². The predicted octanol–water partition coefficient (Wildman–Crippen LogP) is 3.27. The van der Waals surface area contributed by atoms with Gasteiger partial charge in [0.2, 0.25) is 0 Å². The zero-order valence-electron chi connectivity index (χ0n) is 12.0. The second-order valence-corrected chi connectivity index (χ2v) is 4.56. The van der Waals surface area contributed by atoms with Gasteiger partial charge >= 0.3 is 0 Å². The van der Waals surface area contributed by atoms with Gasteiger partial charge in [0.1, 0.15) is 11.6 Å². The van der Waals surface area contributed by atoms with Crippen LogP contribution < -0.4 is 0 Å². The van der Waals surface area contributed by atoms with E-state index in [1.807, 2.05) is 0 Å². The number of nitrogens with zero attached hydrogens (tertiary/aromatic N) is 1. The van der Waals surface area contributed by atoms with E-state index in [0.29, 0.717) is 0 Å². The lowest BCUT2D eigenvalue weighted by Crippen LogP contribution is -2.31. The lowest BCUT2D eigenvalue weighted by molar-refractivity contribution is 0.0138. The van der Waals surface area contributed by atoms with Crippen molar-refractivity contribution in [1.82, 2.24) is 0 Å². The summed E-state index contributed by atoms with van der Waals surface area (Å²) in [6.07, 6.45) is -1.54. The molecule has 0 aliphatic heterocycles. The third-order valence-electron chi connectivity index (χ3n) is 3.50. The average Bonchev–Trinajstić information content (AvgIpc) is 2.48. The molecule has 0 heterocycles.